The molecule has 0 fully saturated rings. The van der Waals surface area contributed by atoms with Crippen LogP contribution in [-0.2, 0) is 4.74 Å². The molecule has 0 saturated heterocycles. The summed E-state index contributed by atoms with van der Waals surface area (Å²) in [5.74, 6) is 0.361. The van der Waals surface area contributed by atoms with Crippen molar-refractivity contribution in [1.82, 2.24) is 0 Å². The highest BCUT2D eigenvalue weighted by Crippen LogP contribution is 2.14. The van der Waals surface area contributed by atoms with Crippen molar-refractivity contribution < 1.29 is 4.74 Å². The molecule has 0 aromatic rings. The van der Waals surface area contributed by atoms with Crippen LogP contribution in [0.5, 0.6) is 0 Å². The quantitative estimate of drug-likeness (QED) is 0.228. The van der Waals surface area contributed by atoms with Crippen LogP contribution in [0.2, 0.25) is 0 Å². The van der Waals surface area contributed by atoms with Gasteiger partial charge >= 0.3 is 0 Å². The number of rotatable bonds is 15. The maximum atomic E-state index is 5.74. The van der Waals surface area contributed by atoms with E-state index >= 15 is 0 Å². The Morgan fingerprint density at radius 1 is 0.727 bits per heavy atom. The van der Waals surface area contributed by atoms with E-state index in [0.717, 1.165) is 11.5 Å². The van der Waals surface area contributed by atoms with E-state index in [0.29, 0.717) is 5.92 Å². The Balaban J connectivity index is 3.21. The van der Waals surface area contributed by atoms with Crippen LogP contribution in [0.15, 0.2) is 0 Å². The zero-order valence-electron chi connectivity index (χ0n) is 15.7. The summed E-state index contributed by atoms with van der Waals surface area (Å²) in [6.07, 6.45) is 18.3. The van der Waals surface area contributed by atoms with Crippen LogP contribution in [0.4, 0.5) is 0 Å². The molecule has 0 aliphatic heterocycles. The summed E-state index contributed by atoms with van der Waals surface area (Å²) in [6.45, 7) is 8.62. The Bertz CT molecular complexity index is 250. The Hall–Kier alpha value is -0.110. The van der Waals surface area contributed by atoms with Gasteiger partial charge in [-0.05, 0) is 32.0 Å². The molecule has 0 bridgehead atoms. The number of hydrogen-bond acceptors (Lipinski definition) is 2. The van der Waals surface area contributed by atoms with Gasteiger partial charge in [-0.2, -0.15) is 0 Å². The second-order valence-electron chi connectivity index (χ2n) is 7.08. The molecule has 2 heteroatoms. The number of ether oxygens (including phenoxy) is 1. The highest BCUT2D eigenvalue weighted by molar-refractivity contribution is 7.80. The molecule has 0 N–H and O–H groups in total. The summed E-state index contributed by atoms with van der Waals surface area (Å²) in [7, 11) is 0. The van der Waals surface area contributed by atoms with Crippen LogP contribution in [0.1, 0.15) is 111 Å². The highest BCUT2D eigenvalue weighted by atomic mass is 32.1. The lowest BCUT2D eigenvalue weighted by Gasteiger charge is -2.17. The van der Waals surface area contributed by atoms with Gasteiger partial charge < -0.3 is 4.74 Å². The van der Waals surface area contributed by atoms with E-state index in [1.807, 2.05) is 0 Å². The first-order valence-corrected chi connectivity index (χ1v) is 10.2. The molecular weight excluding hydrogens is 288 g/mol. The Morgan fingerprint density at radius 3 is 1.55 bits per heavy atom. The Morgan fingerprint density at radius 2 is 1.14 bits per heavy atom. The fourth-order valence-corrected chi connectivity index (χ4v) is 2.83. The lowest BCUT2D eigenvalue weighted by molar-refractivity contribution is 0.188. The van der Waals surface area contributed by atoms with Gasteiger partial charge in [0, 0.05) is 5.92 Å². The molecular formula is C20H40OS. The average molecular weight is 329 g/mol. The molecule has 0 rings (SSSR count). The van der Waals surface area contributed by atoms with Gasteiger partial charge in [-0.1, -0.05) is 91.4 Å². The number of hydrogen-bond donors (Lipinski definition) is 0. The van der Waals surface area contributed by atoms with E-state index in [9.17, 15) is 0 Å². The second kappa shape index (κ2) is 15.8. The minimum atomic E-state index is 0.290. The van der Waals surface area contributed by atoms with Gasteiger partial charge in [-0.25, -0.2) is 0 Å². The zero-order chi connectivity index (χ0) is 16.6. The maximum Gasteiger partial charge on any atom is 0.162 e. The Labute approximate surface area is 145 Å². The van der Waals surface area contributed by atoms with E-state index in [4.69, 9.17) is 17.0 Å². The van der Waals surface area contributed by atoms with Crippen molar-refractivity contribution in [3.63, 3.8) is 0 Å². The summed E-state index contributed by atoms with van der Waals surface area (Å²) in [6, 6.07) is 0. The van der Waals surface area contributed by atoms with E-state index in [-0.39, 0.29) is 6.10 Å². The van der Waals surface area contributed by atoms with Crippen LogP contribution >= 0.6 is 12.2 Å². The molecule has 0 aromatic carbocycles. The van der Waals surface area contributed by atoms with E-state index < -0.39 is 0 Å². The topological polar surface area (TPSA) is 9.23 Å². The van der Waals surface area contributed by atoms with Gasteiger partial charge in [0.2, 0.25) is 0 Å². The van der Waals surface area contributed by atoms with Crippen LogP contribution in [0.25, 0.3) is 0 Å². The summed E-state index contributed by atoms with van der Waals surface area (Å²) in [4.78, 5) is 0. The van der Waals surface area contributed by atoms with Crippen molar-refractivity contribution in [2.45, 2.75) is 117 Å². The summed E-state index contributed by atoms with van der Waals surface area (Å²) in [5, 5.41) is 0.770. The predicted octanol–water partition coefficient (Wildman–Crippen LogP) is 7.47. The van der Waals surface area contributed by atoms with Crippen molar-refractivity contribution in [3.8, 4) is 0 Å². The van der Waals surface area contributed by atoms with Crippen LogP contribution in [0.3, 0.4) is 0 Å². The van der Waals surface area contributed by atoms with Gasteiger partial charge in [-0.3, -0.25) is 0 Å². The van der Waals surface area contributed by atoms with Crippen LogP contribution in [-0.4, -0.2) is 11.2 Å². The van der Waals surface area contributed by atoms with Crippen LogP contribution < -0.4 is 0 Å². The van der Waals surface area contributed by atoms with Crippen molar-refractivity contribution in [3.05, 3.63) is 0 Å². The lowest BCUT2D eigenvalue weighted by Crippen LogP contribution is -2.17. The molecule has 0 aromatic heterocycles. The average Bonchev–Trinajstić information content (AvgIpc) is 2.48. The molecule has 1 nitrogen and oxygen atoms in total. The van der Waals surface area contributed by atoms with Gasteiger partial charge in [-0.15, -0.1) is 0 Å². The third-order valence-electron chi connectivity index (χ3n) is 4.25. The third-order valence-corrected chi connectivity index (χ3v) is 4.82. The van der Waals surface area contributed by atoms with Crippen molar-refractivity contribution in [2.24, 2.45) is 5.92 Å². The first-order chi connectivity index (χ1) is 10.6. The van der Waals surface area contributed by atoms with E-state index in [2.05, 4.69) is 27.7 Å². The zero-order valence-corrected chi connectivity index (χ0v) is 16.5. The molecule has 0 spiro atoms. The smallest absolute Gasteiger partial charge is 0.162 e. The second-order valence-corrected chi connectivity index (χ2v) is 7.48. The maximum absolute atomic E-state index is 5.74. The van der Waals surface area contributed by atoms with Crippen molar-refractivity contribution >= 4 is 17.3 Å². The normalized spacial score (nSPS) is 12.6. The van der Waals surface area contributed by atoms with Crippen molar-refractivity contribution in [1.29, 1.82) is 0 Å². The molecule has 0 heterocycles. The van der Waals surface area contributed by atoms with Crippen LogP contribution in [0, 0.1) is 5.92 Å². The minimum absolute atomic E-state index is 0.290. The van der Waals surface area contributed by atoms with Gasteiger partial charge in [0.15, 0.2) is 5.05 Å². The molecule has 0 amide bonds. The first kappa shape index (κ1) is 21.9. The monoisotopic (exact) mass is 328 g/mol. The van der Waals surface area contributed by atoms with Crippen molar-refractivity contribution in [2.75, 3.05) is 0 Å². The summed E-state index contributed by atoms with van der Waals surface area (Å²) >= 11 is 5.23. The molecule has 0 aliphatic carbocycles. The van der Waals surface area contributed by atoms with E-state index in [1.54, 1.807) is 0 Å². The minimum Gasteiger partial charge on any atom is -0.484 e. The van der Waals surface area contributed by atoms with Gasteiger partial charge in [0.05, 0.1) is 6.10 Å². The Kier molecular flexibility index (Phi) is 15.7. The SMILES string of the molecule is CCCCCCCCCCCCCCC(C)OC(=S)C(C)C. The lowest BCUT2D eigenvalue weighted by atomic mass is 10.0. The standard InChI is InChI=1S/C20H40OS/c1-5-6-7-8-9-10-11-12-13-14-15-16-17-19(4)21-20(22)18(2)3/h18-19H,5-17H2,1-4H3. The molecule has 132 valence electrons. The molecule has 0 aliphatic rings. The summed E-state index contributed by atoms with van der Waals surface area (Å²) in [5.41, 5.74) is 0. The molecule has 22 heavy (non-hydrogen) atoms. The molecule has 1 atom stereocenters. The van der Waals surface area contributed by atoms with Gasteiger partial charge in [0.25, 0.3) is 0 Å². The number of unbranched alkanes of at least 4 members (excludes halogenated alkanes) is 11. The third kappa shape index (κ3) is 14.8. The largest absolute Gasteiger partial charge is 0.484 e. The van der Waals surface area contributed by atoms with Gasteiger partial charge in [0.1, 0.15) is 0 Å². The number of thiocarbonyl (C=S) groups is 1. The fraction of sp³-hybridized carbons (Fsp3) is 0.950. The molecule has 0 saturated carbocycles. The first-order valence-electron chi connectivity index (χ1n) is 9.78. The highest BCUT2D eigenvalue weighted by Gasteiger charge is 2.08. The molecule has 0 radical (unpaired) electrons. The fourth-order valence-electron chi connectivity index (χ4n) is 2.67. The van der Waals surface area contributed by atoms with E-state index in [1.165, 1.54) is 77.0 Å². The molecule has 1 unspecified atom stereocenters. The predicted molar refractivity (Wildman–Crippen MR) is 104 cm³/mol. The summed E-state index contributed by atoms with van der Waals surface area (Å²) < 4.78 is 5.74.